The minimum absolute atomic E-state index is 0.473. The number of hydrogen-bond acceptors (Lipinski definition) is 2. The molecule has 2 N–H and O–H groups in total. The first kappa shape index (κ1) is 11.0. The highest BCUT2D eigenvalue weighted by Gasteiger charge is 2.43. The highest BCUT2D eigenvalue weighted by molar-refractivity contribution is 4.99. The monoisotopic (exact) mass is 222 g/mol. The molecule has 1 heterocycles. The first-order valence-electron chi connectivity index (χ1n) is 7.33. The molecule has 2 nitrogen and oxygen atoms in total. The first-order chi connectivity index (χ1) is 7.83. The zero-order valence-electron chi connectivity index (χ0n) is 10.5. The highest BCUT2D eigenvalue weighted by atomic mass is 15.4. The molecule has 0 aromatic carbocycles. The SMILES string of the molecule is C1CCC2(CC1)CCC1(CCCNN1)CC2. The topological polar surface area (TPSA) is 24.1 Å². The Morgan fingerprint density at radius 1 is 0.625 bits per heavy atom. The van der Waals surface area contributed by atoms with E-state index in [1.54, 1.807) is 0 Å². The lowest BCUT2D eigenvalue weighted by atomic mass is 9.60. The standard InChI is InChI=1S/C14H26N2/c1-2-5-13(6-3-1)8-10-14(11-9-13)7-4-12-15-16-14/h15-16H,1-12H2. The fourth-order valence-electron chi connectivity index (χ4n) is 4.26. The van der Waals surface area contributed by atoms with Gasteiger partial charge in [-0.1, -0.05) is 19.3 Å². The Balaban J connectivity index is 1.61. The van der Waals surface area contributed by atoms with E-state index in [4.69, 9.17) is 0 Å². The van der Waals surface area contributed by atoms with Gasteiger partial charge < -0.3 is 0 Å². The molecule has 2 spiro atoms. The van der Waals surface area contributed by atoms with Crippen molar-refractivity contribution in [1.29, 1.82) is 0 Å². The van der Waals surface area contributed by atoms with Gasteiger partial charge >= 0.3 is 0 Å². The predicted molar refractivity (Wildman–Crippen MR) is 67.1 cm³/mol. The van der Waals surface area contributed by atoms with E-state index in [9.17, 15) is 0 Å². The summed E-state index contributed by atoms with van der Waals surface area (Å²) in [7, 11) is 0. The second kappa shape index (κ2) is 4.30. The van der Waals surface area contributed by atoms with Gasteiger partial charge in [0, 0.05) is 12.1 Å². The summed E-state index contributed by atoms with van der Waals surface area (Å²) in [5.41, 5.74) is 8.23. The molecular formula is C14H26N2. The Kier molecular flexibility index (Phi) is 2.97. The van der Waals surface area contributed by atoms with E-state index in [1.807, 2.05) is 0 Å². The highest BCUT2D eigenvalue weighted by Crippen LogP contribution is 2.50. The van der Waals surface area contributed by atoms with Gasteiger partial charge in [-0.15, -0.1) is 0 Å². The molecule has 2 aliphatic carbocycles. The van der Waals surface area contributed by atoms with E-state index in [-0.39, 0.29) is 0 Å². The van der Waals surface area contributed by atoms with Crippen molar-refractivity contribution in [3.05, 3.63) is 0 Å². The molecule has 2 heteroatoms. The zero-order chi connectivity index (χ0) is 10.9. The van der Waals surface area contributed by atoms with Crippen LogP contribution in [-0.4, -0.2) is 12.1 Å². The van der Waals surface area contributed by atoms with Crippen LogP contribution in [0.15, 0.2) is 0 Å². The van der Waals surface area contributed by atoms with Crippen LogP contribution in [0.2, 0.25) is 0 Å². The average Bonchev–Trinajstić information content (AvgIpc) is 2.36. The quantitative estimate of drug-likeness (QED) is 0.658. The van der Waals surface area contributed by atoms with Crippen LogP contribution in [0.4, 0.5) is 0 Å². The lowest BCUT2D eigenvalue weighted by molar-refractivity contribution is 0.0468. The van der Waals surface area contributed by atoms with E-state index >= 15 is 0 Å². The van der Waals surface area contributed by atoms with Gasteiger partial charge in [0.2, 0.25) is 0 Å². The maximum absolute atomic E-state index is 3.61. The molecule has 3 fully saturated rings. The molecular weight excluding hydrogens is 196 g/mol. The molecule has 0 unspecified atom stereocenters. The van der Waals surface area contributed by atoms with Gasteiger partial charge in [-0.05, 0) is 56.8 Å². The Morgan fingerprint density at radius 2 is 1.38 bits per heavy atom. The van der Waals surface area contributed by atoms with Gasteiger partial charge in [-0.3, -0.25) is 10.9 Å². The third-order valence-corrected chi connectivity index (χ3v) is 5.49. The molecule has 92 valence electrons. The second-order valence-corrected chi connectivity index (χ2v) is 6.50. The third kappa shape index (κ3) is 2.02. The summed E-state index contributed by atoms with van der Waals surface area (Å²) in [5, 5.41) is 0. The molecule has 0 atom stereocenters. The van der Waals surface area contributed by atoms with Crippen LogP contribution in [0.5, 0.6) is 0 Å². The smallest absolute Gasteiger partial charge is 0.0324 e. The fraction of sp³-hybridized carbons (Fsp3) is 1.00. The normalized spacial score (nSPS) is 33.0. The summed E-state index contributed by atoms with van der Waals surface area (Å²) in [6.45, 7) is 1.16. The Hall–Kier alpha value is -0.0800. The second-order valence-electron chi connectivity index (χ2n) is 6.50. The van der Waals surface area contributed by atoms with E-state index in [0.717, 1.165) is 12.0 Å². The van der Waals surface area contributed by atoms with Crippen molar-refractivity contribution in [1.82, 2.24) is 10.9 Å². The molecule has 0 aromatic heterocycles. The van der Waals surface area contributed by atoms with Crippen LogP contribution in [0, 0.1) is 5.41 Å². The molecule has 2 saturated carbocycles. The Bertz CT molecular complexity index is 199. The summed E-state index contributed by atoms with van der Waals surface area (Å²) in [6.07, 6.45) is 16.1. The van der Waals surface area contributed by atoms with Crippen molar-refractivity contribution in [2.45, 2.75) is 76.2 Å². The van der Waals surface area contributed by atoms with E-state index in [0.29, 0.717) is 5.54 Å². The summed E-state index contributed by atoms with van der Waals surface area (Å²) in [5.74, 6) is 0. The molecule has 0 aromatic rings. The lowest BCUT2D eigenvalue weighted by Crippen LogP contribution is -2.58. The van der Waals surface area contributed by atoms with E-state index < -0.39 is 0 Å². The van der Waals surface area contributed by atoms with Gasteiger partial charge in [0.1, 0.15) is 0 Å². The maximum atomic E-state index is 3.61. The molecule has 0 bridgehead atoms. The summed E-state index contributed by atoms with van der Waals surface area (Å²) in [6, 6.07) is 0. The van der Waals surface area contributed by atoms with Crippen molar-refractivity contribution >= 4 is 0 Å². The minimum atomic E-state index is 0.473. The van der Waals surface area contributed by atoms with Gasteiger partial charge in [-0.2, -0.15) is 0 Å². The molecule has 16 heavy (non-hydrogen) atoms. The molecule has 0 amide bonds. The van der Waals surface area contributed by atoms with Gasteiger partial charge in [0.15, 0.2) is 0 Å². The van der Waals surface area contributed by atoms with Crippen molar-refractivity contribution in [3.8, 4) is 0 Å². The van der Waals surface area contributed by atoms with E-state index in [2.05, 4.69) is 10.9 Å². The molecule has 1 aliphatic heterocycles. The lowest BCUT2D eigenvalue weighted by Gasteiger charge is -2.50. The Labute approximate surface area is 99.5 Å². The minimum Gasteiger partial charge on any atom is -0.257 e. The van der Waals surface area contributed by atoms with Crippen molar-refractivity contribution < 1.29 is 0 Å². The number of hydrogen-bond donors (Lipinski definition) is 2. The first-order valence-corrected chi connectivity index (χ1v) is 7.33. The molecule has 0 radical (unpaired) electrons. The summed E-state index contributed by atoms with van der Waals surface area (Å²) in [4.78, 5) is 0. The maximum Gasteiger partial charge on any atom is 0.0324 e. The van der Waals surface area contributed by atoms with Crippen molar-refractivity contribution in [3.63, 3.8) is 0 Å². The van der Waals surface area contributed by atoms with Gasteiger partial charge in [-0.25, -0.2) is 0 Å². The largest absolute Gasteiger partial charge is 0.257 e. The summed E-state index contributed by atoms with van der Waals surface area (Å²) < 4.78 is 0. The number of rotatable bonds is 0. The zero-order valence-corrected chi connectivity index (χ0v) is 10.5. The molecule has 3 rings (SSSR count). The van der Waals surface area contributed by atoms with E-state index in [1.165, 1.54) is 70.6 Å². The average molecular weight is 222 g/mol. The van der Waals surface area contributed by atoms with Gasteiger partial charge in [0.25, 0.3) is 0 Å². The van der Waals surface area contributed by atoms with Crippen LogP contribution >= 0.6 is 0 Å². The van der Waals surface area contributed by atoms with Crippen LogP contribution in [0.3, 0.4) is 0 Å². The van der Waals surface area contributed by atoms with Crippen LogP contribution in [-0.2, 0) is 0 Å². The molecule has 3 aliphatic rings. The van der Waals surface area contributed by atoms with Crippen LogP contribution in [0.1, 0.15) is 70.6 Å². The predicted octanol–water partition coefficient (Wildman–Crippen LogP) is 3.14. The van der Waals surface area contributed by atoms with Crippen molar-refractivity contribution in [2.24, 2.45) is 5.41 Å². The number of nitrogens with one attached hydrogen (secondary N) is 2. The number of hydrazine groups is 1. The Morgan fingerprint density at radius 3 is 2.00 bits per heavy atom. The fourth-order valence-corrected chi connectivity index (χ4v) is 4.26. The third-order valence-electron chi connectivity index (χ3n) is 5.49. The molecule has 1 saturated heterocycles. The van der Waals surface area contributed by atoms with Crippen LogP contribution in [0.25, 0.3) is 0 Å². The van der Waals surface area contributed by atoms with Crippen molar-refractivity contribution in [2.75, 3.05) is 6.54 Å². The summed E-state index contributed by atoms with van der Waals surface area (Å²) >= 11 is 0. The van der Waals surface area contributed by atoms with Crippen LogP contribution < -0.4 is 10.9 Å². The van der Waals surface area contributed by atoms with Gasteiger partial charge in [0.05, 0.1) is 0 Å².